The fraction of sp³-hybridized carbons (Fsp3) is 0.778. The number of hydrogen-bond donors (Lipinski definition) is 1. The van der Waals surface area contributed by atoms with Gasteiger partial charge in [-0.15, -0.1) is 0 Å². The molecule has 86 valence electrons. The Hall–Kier alpha value is -0.810. The van der Waals surface area contributed by atoms with Crippen LogP contribution in [-0.4, -0.2) is 42.0 Å². The van der Waals surface area contributed by atoms with E-state index in [1.807, 2.05) is 0 Å². The van der Waals surface area contributed by atoms with Crippen LogP contribution in [0.4, 0.5) is 0 Å². The largest absolute Gasteiger partial charge is 1.00 e. The molecular formula is C9H15ClN2O3. The summed E-state index contributed by atoms with van der Waals surface area (Å²) in [6, 6.07) is -0.314. The molecular weight excluding hydrogens is 220 g/mol. The van der Waals surface area contributed by atoms with Crippen LogP contribution in [0.15, 0.2) is 0 Å². The molecule has 2 rings (SSSR count). The van der Waals surface area contributed by atoms with E-state index in [4.69, 9.17) is 0 Å². The van der Waals surface area contributed by atoms with Gasteiger partial charge in [-0.2, -0.15) is 0 Å². The normalized spacial score (nSPS) is 33.6. The summed E-state index contributed by atoms with van der Waals surface area (Å²) < 4.78 is 4.67. The van der Waals surface area contributed by atoms with Crippen molar-refractivity contribution in [2.24, 2.45) is 0 Å². The van der Waals surface area contributed by atoms with Crippen molar-refractivity contribution in [3.8, 4) is 0 Å². The molecule has 0 bridgehead atoms. The highest BCUT2D eigenvalue weighted by atomic mass is 35.5. The average Bonchev–Trinajstić information content (AvgIpc) is 2.68. The Bertz CT molecular complexity index is 285. The lowest BCUT2D eigenvalue weighted by Gasteiger charge is -2.21. The van der Waals surface area contributed by atoms with Gasteiger partial charge in [0.05, 0.1) is 7.11 Å². The molecule has 3 atom stereocenters. The van der Waals surface area contributed by atoms with Crippen LogP contribution in [0.5, 0.6) is 0 Å². The van der Waals surface area contributed by atoms with E-state index in [2.05, 4.69) is 10.5 Å². The van der Waals surface area contributed by atoms with Gasteiger partial charge in [0.2, 0.25) is 0 Å². The zero-order valence-electron chi connectivity index (χ0n) is 8.61. The monoisotopic (exact) mass is 234 g/mol. The summed E-state index contributed by atoms with van der Waals surface area (Å²) >= 11 is 0. The third kappa shape index (κ3) is 1.81. The summed E-state index contributed by atoms with van der Waals surface area (Å²) in [7, 11) is 1.36. The molecule has 0 aromatic carbocycles. The van der Waals surface area contributed by atoms with Crippen LogP contribution in [0.3, 0.4) is 0 Å². The molecule has 5 nitrogen and oxygen atoms in total. The maximum Gasteiger partial charge on any atom is 0.328 e. The first kappa shape index (κ1) is 12.3. The molecule has 2 aliphatic rings. The minimum absolute atomic E-state index is 0. The van der Waals surface area contributed by atoms with Crippen LogP contribution in [0.25, 0.3) is 0 Å². The summed E-state index contributed by atoms with van der Waals surface area (Å²) in [4.78, 5) is 24.7. The Labute approximate surface area is 94.3 Å². The highest BCUT2D eigenvalue weighted by Gasteiger charge is 2.50. The Morgan fingerprint density at radius 2 is 2.20 bits per heavy atom. The Kier molecular flexibility index (Phi) is 3.57. The van der Waals surface area contributed by atoms with Crippen LogP contribution >= 0.6 is 0 Å². The number of fused-ring (bicyclic) bond motifs is 1. The van der Waals surface area contributed by atoms with Crippen molar-refractivity contribution in [1.29, 1.82) is 0 Å². The first-order valence-corrected chi connectivity index (χ1v) is 4.88. The molecule has 2 fully saturated rings. The van der Waals surface area contributed by atoms with Gasteiger partial charge in [-0.1, -0.05) is 0 Å². The highest BCUT2D eigenvalue weighted by Crippen LogP contribution is 2.32. The van der Waals surface area contributed by atoms with E-state index >= 15 is 0 Å². The fourth-order valence-electron chi connectivity index (χ4n) is 2.46. The topological polar surface area (TPSA) is 74.2 Å². The number of ether oxygens (including phenoxy) is 1. The Morgan fingerprint density at radius 3 is 2.80 bits per heavy atom. The molecule has 0 saturated carbocycles. The molecule has 0 aromatic rings. The first-order chi connectivity index (χ1) is 6.65. The molecule has 2 heterocycles. The molecule has 0 aliphatic carbocycles. The average molecular weight is 235 g/mol. The zero-order chi connectivity index (χ0) is 10.3. The number of carbonyl (C=O) groups is 2. The molecule has 2 saturated heterocycles. The number of rotatable bonds is 1. The summed E-state index contributed by atoms with van der Waals surface area (Å²) in [5.41, 5.74) is 3.78. The van der Waals surface area contributed by atoms with Gasteiger partial charge in [0.25, 0.3) is 5.91 Å². The minimum Gasteiger partial charge on any atom is -1.00 e. The molecule has 2 aliphatic heterocycles. The Balaban J connectivity index is 0.00000112. The van der Waals surface area contributed by atoms with Gasteiger partial charge in [-0.25, -0.2) is 4.79 Å². The number of esters is 1. The zero-order valence-corrected chi connectivity index (χ0v) is 9.37. The van der Waals surface area contributed by atoms with E-state index in [1.54, 1.807) is 4.90 Å². The maximum absolute atomic E-state index is 11.7. The van der Waals surface area contributed by atoms with E-state index in [-0.39, 0.29) is 42.4 Å². The van der Waals surface area contributed by atoms with E-state index in [9.17, 15) is 9.59 Å². The van der Waals surface area contributed by atoms with Crippen LogP contribution in [-0.2, 0) is 14.3 Å². The van der Waals surface area contributed by atoms with Crippen LogP contribution in [0, 0.1) is 0 Å². The standard InChI is InChI=1S/C9H14N2O3.ClH/c1-14-9(13)7-3-2-5-4-6(10)8(12)11(5)7;/h5-7H,2-4,10H2,1H3;1H/t5-,6+,7+;/m1./s1. The van der Waals surface area contributed by atoms with Crippen LogP contribution in [0.1, 0.15) is 19.3 Å². The molecule has 0 radical (unpaired) electrons. The van der Waals surface area contributed by atoms with Crippen LogP contribution < -0.4 is 18.1 Å². The number of carbonyl (C=O) groups excluding carboxylic acids is 2. The van der Waals surface area contributed by atoms with Crippen molar-refractivity contribution in [3.63, 3.8) is 0 Å². The molecule has 6 heteroatoms. The summed E-state index contributed by atoms with van der Waals surface area (Å²) in [6.07, 6.45) is 2.42. The van der Waals surface area contributed by atoms with Gasteiger partial charge in [0.15, 0.2) is 6.04 Å². The fourth-order valence-corrected chi connectivity index (χ4v) is 2.46. The second kappa shape index (κ2) is 4.37. The van der Waals surface area contributed by atoms with Gasteiger partial charge in [0.1, 0.15) is 6.04 Å². The quantitative estimate of drug-likeness (QED) is 0.465. The number of hydrogen-bond acceptors (Lipinski definition) is 3. The number of amides is 1. The van der Waals surface area contributed by atoms with Gasteiger partial charge in [-0.05, 0) is 12.8 Å². The summed E-state index contributed by atoms with van der Waals surface area (Å²) in [5, 5.41) is 0. The predicted octanol–water partition coefficient (Wildman–Crippen LogP) is -4.46. The molecule has 1 amide bonds. The Morgan fingerprint density at radius 1 is 1.53 bits per heavy atom. The number of quaternary nitrogens is 1. The second-order valence-corrected chi connectivity index (χ2v) is 3.95. The van der Waals surface area contributed by atoms with Crippen molar-refractivity contribution in [2.45, 2.75) is 37.4 Å². The van der Waals surface area contributed by atoms with Crippen molar-refractivity contribution >= 4 is 11.9 Å². The highest BCUT2D eigenvalue weighted by molar-refractivity contribution is 5.89. The van der Waals surface area contributed by atoms with E-state index < -0.39 is 0 Å². The van der Waals surface area contributed by atoms with Crippen molar-refractivity contribution < 1.29 is 32.5 Å². The van der Waals surface area contributed by atoms with Crippen molar-refractivity contribution in [1.82, 2.24) is 4.90 Å². The number of methoxy groups -OCH3 is 1. The summed E-state index contributed by atoms with van der Waals surface area (Å²) in [6.45, 7) is 0. The molecule has 0 aromatic heterocycles. The first-order valence-electron chi connectivity index (χ1n) is 4.88. The van der Waals surface area contributed by atoms with Crippen LogP contribution in [0.2, 0.25) is 0 Å². The summed E-state index contributed by atoms with van der Waals surface area (Å²) in [5.74, 6) is -0.294. The van der Waals surface area contributed by atoms with Gasteiger partial charge >= 0.3 is 5.97 Å². The van der Waals surface area contributed by atoms with Gasteiger partial charge in [0, 0.05) is 12.5 Å². The van der Waals surface area contributed by atoms with Gasteiger partial charge in [-0.3, -0.25) is 4.79 Å². The minimum atomic E-state index is -0.357. The van der Waals surface area contributed by atoms with Gasteiger partial charge < -0.3 is 27.8 Å². The second-order valence-electron chi connectivity index (χ2n) is 3.95. The lowest BCUT2D eigenvalue weighted by Crippen LogP contribution is -3.00. The van der Waals surface area contributed by atoms with E-state index in [1.165, 1.54) is 7.11 Å². The number of nitrogens with zero attached hydrogens (tertiary/aromatic N) is 1. The third-order valence-electron chi connectivity index (χ3n) is 3.14. The third-order valence-corrected chi connectivity index (χ3v) is 3.14. The smallest absolute Gasteiger partial charge is 0.328 e. The maximum atomic E-state index is 11.7. The predicted molar refractivity (Wildman–Crippen MR) is 47.0 cm³/mol. The lowest BCUT2D eigenvalue weighted by molar-refractivity contribution is -0.401. The molecule has 3 N–H and O–H groups in total. The molecule has 0 spiro atoms. The lowest BCUT2D eigenvalue weighted by atomic mass is 10.1. The number of halogens is 1. The van der Waals surface area contributed by atoms with E-state index in [0.717, 1.165) is 19.3 Å². The van der Waals surface area contributed by atoms with E-state index in [0.29, 0.717) is 0 Å². The SMILES string of the molecule is COC(=O)[C@@H]1CC[C@@H]2C[C@H]([NH3+])C(=O)N21.[Cl-]. The van der Waals surface area contributed by atoms with Crippen molar-refractivity contribution in [3.05, 3.63) is 0 Å². The molecule has 15 heavy (non-hydrogen) atoms. The van der Waals surface area contributed by atoms with Crippen molar-refractivity contribution in [2.75, 3.05) is 7.11 Å². The molecule has 0 unspecified atom stereocenters.